The van der Waals surface area contributed by atoms with Crippen molar-refractivity contribution in [1.82, 2.24) is 19.7 Å². The maximum atomic E-state index is 5.84. The van der Waals surface area contributed by atoms with Crippen LogP contribution in [0, 0.1) is 0 Å². The van der Waals surface area contributed by atoms with Crippen molar-refractivity contribution >= 4 is 10.9 Å². The predicted molar refractivity (Wildman–Crippen MR) is 78.6 cm³/mol. The van der Waals surface area contributed by atoms with Gasteiger partial charge in [-0.15, -0.1) is 0 Å². The van der Waals surface area contributed by atoms with E-state index in [0.29, 0.717) is 0 Å². The zero-order valence-electron chi connectivity index (χ0n) is 11.4. The van der Waals surface area contributed by atoms with E-state index >= 15 is 0 Å². The molecule has 0 bridgehead atoms. The van der Waals surface area contributed by atoms with Crippen LogP contribution in [0.25, 0.3) is 16.6 Å². The van der Waals surface area contributed by atoms with Crippen LogP contribution in [0.1, 0.15) is 18.9 Å². The Kier molecular flexibility index (Phi) is 3.43. The summed E-state index contributed by atoms with van der Waals surface area (Å²) in [6.45, 7) is 2.03. The van der Waals surface area contributed by atoms with Crippen molar-refractivity contribution in [2.24, 2.45) is 5.73 Å². The molecule has 1 aromatic carbocycles. The van der Waals surface area contributed by atoms with Crippen LogP contribution in [0.4, 0.5) is 0 Å². The second kappa shape index (κ2) is 5.38. The molecule has 0 aliphatic carbocycles. The van der Waals surface area contributed by atoms with Gasteiger partial charge in [0.25, 0.3) is 0 Å². The van der Waals surface area contributed by atoms with Gasteiger partial charge in [-0.2, -0.15) is 5.10 Å². The van der Waals surface area contributed by atoms with Gasteiger partial charge in [0, 0.05) is 11.4 Å². The van der Waals surface area contributed by atoms with Crippen molar-refractivity contribution in [1.29, 1.82) is 0 Å². The molecule has 102 valence electrons. The minimum Gasteiger partial charge on any atom is -0.328 e. The van der Waals surface area contributed by atoms with Crippen molar-refractivity contribution in [3.63, 3.8) is 0 Å². The van der Waals surface area contributed by atoms with Crippen molar-refractivity contribution < 1.29 is 0 Å². The van der Waals surface area contributed by atoms with E-state index in [1.807, 2.05) is 17.8 Å². The second-order valence-electron chi connectivity index (χ2n) is 5.02. The van der Waals surface area contributed by atoms with E-state index in [1.165, 1.54) is 11.9 Å². The standard InChI is InChI=1S/C15H17N5/c1-11(16)5-6-12-3-2-4-15-14(12)9-19-20(15)13-7-17-10-18-8-13/h2-4,7-11H,5-6,16H2,1H3/t11-/m0/s1. The van der Waals surface area contributed by atoms with Crippen LogP contribution in [-0.2, 0) is 6.42 Å². The first-order chi connectivity index (χ1) is 9.75. The van der Waals surface area contributed by atoms with Gasteiger partial charge in [-0.25, -0.2) is 14.6 Å². The summed E-state index contributed by atoms with van der Waals surface area (Å²) in [5, 5.41) is 5.62. The number of aryl methyl sites for hydroxylation is 1. The van der Waals surface area contributed by atoms with E-state index in [4.69, 9.17) is 5.73 Å². The van der Waals surface area contributed by atoms with Gasteiger partial charge >= 0.3 is 0 Å². The van der Waals surface area contributed by atoms with Crippen LogP contribution in [0.5, 0.6) is 0 Å². The molecule has 5 nitrogen and oxygen atoms in total. The van der Waals surface area contributed by atoms with Crippen molar-refractivity contribution in [3.8, 4) is 5.69 Å². The Bertz CT molecular complexity index is 703. The van der Waals surface area contributed by atoms with Crippen molar-refractivity contribution in [2.75, 3.05) is 0 Å². The molecule has 2 N–H and O–H groups in total. The molecule has 3 rings (SSSR count). The van der Waals surface area contributed by atoms with E-state index < -0.39 is 0 Å². The normalized spacial score (nSPS) is 12.7. The lowest BCUT2D eigenvalue weighted by Crippen LogP contribution is -2.15. The monoisotopic (exact) mass is 267 g/mol. The molecule has 1 atom stereocenters. The number of hydrogen-bond donors (Lipinski definition) is 1. The Morgan fingerprint density at radius 3 is 2.75 bits per heavy atom. The maximum Gasteiger partial charge on any atom is 0.115 e. The predicted octanol–water partition coefficient (Wildman–Crippen LogP) is 2.10. The largest absolute Gasteiger partial charge is 0.328 e. The van der Waals surface area contributed by atoms with Crippen molar-refractivity contribution in [3.05, 3.63) is 48.7 Å². The smallest absolute Gasteiger partial charge is 0.115 e. The first kappa shape index (κ1) is 12.7. The maximum absolute atomic E-state index is 5.84. The van der Waals surface area contributed by atoms with Crippen molar-refractivity contribution in [2.45, 2.75) is 25.8 Å². The number of benzene rings is 1. The number of nitrogens with zero attached hydrogens (tertiary/aromatic N) is 4. The Labute approximate surface area is 117 Å². The van der Waals surface area contributed by atoms with E-state index in [1.54, 1.807) is 12.4 Å². The summed E-state index contributed by atoms with van der Waals surface area (Å²) in [4.78, 5) is 8.08. The number of fused-ring (bicyclic) bond motifs is 1. The Balaban J connectivity index is 2.03. The molecule has 0 aliphatic rings. The fourth-order valence-corrected chi connectivity index (χ4v) is 2.32. The molecule has 0 saturated carbocycles. The third-order valence-corrected chi connectivity index (χ3v) is 3.36. The van der Waals surface area contributed by atoms with Gasteiger partial charge in [0.2, 0.25) is 0 Å². The van der Waals surface area contributed by atoms with Crippen LogP contribution >= 0.6 is 0 Å². The molecule has 3 aromatic rings. The summed E-state index contributed by atoms with van der Waals surface area (Å²) in [6.07, 6.45) is 8.87. The van der Waals surface area contributed by atoms with Crippen LogP contribution in [0.2, 0.25) is 0 Å². The molecule has 2 aromatic heterocycles. The van der Waals surface area contributed by atoms with E-state index in [0.717, 1.165) is 29.4 Å². The van der Waals surface area contributed by atoms with Gasteiger partial charge in [-0.1, -0.05) is 12.1 Å². The lowest BCUT2D eigenvalue weighted by Gasteiger charge is -2.07. The molecule has 0 amide bonds. The third kappa shape index (κ3) is 2.40. The lowest BCUT2D eigenvalue weighted by molar-refractivity contribution is 0.668. The molecule has 0 aliphatic heterocycles. The molecule has 0 fully saturated rings. The lowest BCUT2D eigenvalue weighted by atomic mass is 10.0. The van der Waals surface area contributed by atoms with Gasteiger partial charge in [0.1, 0.15) is 12.0 Å². The highest BCUT2D eigenvalue weighted by Gasteiger charge is 2.09. The molecule has 20 heavy (non-hydrogen) atoms. The Hall–Kier alpha value is -2.27. The van der Waals surface area contributed by atoms with Gasteiger partial charge in [-0.3, -0.25) is 0 Å². The van der Waals surface area contributed by atoms with Crippen LogP contribution in [-0.4, -0.2) is 25.8 Å². The van der Waals surface area contributed by atoms with Gasteiger partial charge in [0.15, 0.2) is 0 Å². The highest BCUT2D eigenvalue weighted by atomic mass is 15.3. The first-order valence-electron chi connectivity index (χ1n) is 6.72. The summed E-state index contributed by atoms with van der Waals surface area (Å²) in [5.74, 6) is 0. The van der Waals surface area contributed by atoms with E-state index in [9.17, 15) is 0 Å². The van der Waals surface area contributed by atoms with Gasteiger partial charge < -0.3 is 5.73 Å². The van der Waals surface area contributed by atoms with Gasteiger partial charge in [0.05, 0.1) is 24.1 Å². The minimum atomic E-state index is 0.211. The van der Waals surface area contributed by atoms with Crippen LogP contribution in [0.15, 0.2) is 43.1 Å². The average Bonchev–Trinajstić information content (AvgIpc) is 2.90. The molecule has 0 unspecified atom stereocenters. The number of nitrogens with two attached hydrogens (primary N) is 1. The average molecular weight is 267 g/mol. The number of hydrogen-bond acceptors (Lipinski definition) is 4. The molecular formula is C15H17N5. The quantitative estimate of drug-likeness (QED) is 0.786. The fraction of sp³-hybridized carbons (Fsp3) is 0.267. The number of rotatable bonds is 4. The van der Waals surface area contributed by atoms with Crippen LogP contribution < -0.4 is 5.73 Å². The molecule has 0 spiro atoms. The SMILES string of the molecule is C[C@H](N)CCc1cccc2c1cnn2-c1cncnc1. The minimum absolute atomic E-state index is 0.211. The zero-order chi connectivity index (χ0) is 13.9. The summed E-state index contributed by atoms with van der Waals surface area (Å²) in [5.41, 5.74) is 9.06. The molecule has 0 saturated heterocycles. The summed E-state index contributed by atoms with van der Waals surface area (Å²) in [6, 6.07) is 6.46. The fourth-order valence-electron chi connectivity index (χ4n) is 2.32. The summed E-state index contributed by atoms with van der Waals surface area (Å²) < 4.78 is 1.87. The Morgan fingerprint density at radius 1 is 1.20 bits per heavy atom. The topological polar surface area (TPSA) is 69.6 Å². The molecule has 0 radical (unpaired) electrons. The third-order valence-electron chi connectivity index (χ3n) is 3.36. The second-order valence-corrected chi connectivity index (χ2v) is 5.02. The highest BCUT2D eigenvalue weighted by molar-refractivity contribution is 5.83. The van der Waals surface area contributed by atoms with Gasteiger partial charge in [-0.05, 0) is 31.4 Å². The summed E-state index contributed by atoms with van der Waals surface area (Å²) in [7, 11) is 0. The molecule has 2 heterocycles. The molecule has 5 heteroatoms. The Morgan fingerprint density at radius 2 is 2.00 bits per heavy atom. The highest BCUT2D eigenvalue weighted by Crippen LogP contribution is 2.22. The van der Waals surface area contributed by atoms with E-state index in [-0.39, 0.29) is 6.04 Å². The first-order valence-corrected chi connectivity index (χ1v) is 6.72. The number of aromatic nitrogens is 4. The van der Waals surface area contributed by atoms with Crippen LogP contribution in [0.3, 0.4) is 0 Å². The summed E-state index contributed by atoms with van der Waals surface area (Å²) >= 11 is 0. The molecular weight excluding hydrogens is 250 g/mol. The van der Waals surface area contributed by atoms with E-state index in [2.05, 4.69) is 33.3 Å². The zero-order valence-corrected chi connectivity index (χ0v) is 11.4.